The smallest absolute Gasteiger partial charge is 0.287 e. The quantitative estimate of drug-likeness (QED) is 0.762. The van der Waals surface area contributed by atoms with Crippen molar-refractivity contribution >= 4 is 10.0 Å². The van der Waals surface area contributed by atoms with Crippen molar-refractivity contribution < 1.29 is 21.6 Å². The molecule has 0 unspecified atom stereocenters. The Labute approximate surface area is 162 Å². The maximum absolute atomic E-state index is 13.2. The number of piperidine rings is 1. The summed E-state index contributed by atoms with van der Waals surface area (Å²) in [5.41, 5.74) is -0.0981. The summed E-state index contributed by atoms with van der Waals surface area (Å²) in [6.07, 6.45) is -2.80. The van der Waals surface area contributed by atoms with Gasteiger partial charge in [0, 0.05) is 26.2 Å². The molecule has 0 radical (unpaired) electrons. The van der Waals surface area contributed by atoms with E-state index in [1.807, 2.05) is 12.1 Å². The highest BCUT2D eigenvalue weighted by atomic mass is 32.2. The third-order valence-corrected chi connectivity index (χ3v) is 8.68. The predicted molar refractivity (Wildman–Crippen MR) is 97.0 cm³/mol. The SMILES string of the molecule is N#Cc1ccc(C2CCN(S(=O)(=O)C3CN(C4(C(F)(F)F)CC4)C3)CC2)cc1. The summed E-state index contributed by atoms with van der Waals surface area (Å²) in [4.78, 5) is 1.29. The molecule has 2 aliphatic heterocycles. The van der Waals surface area contributed by atoms with E-state index < -0.39 is 27.0 Å². The van der Waals surface area contributed by atoms with E-state index in [1.165, 1.54) is 9.21 Å². The number of hydrogen-bond acceptors (Lipinski definition) is 4. The third kappa shape index (κ3) is 3.21. The van der Waals surface area contributed by atoms with Gasteiger partial charge < -0.3 is 0 Å². The number of nitriles is 1. The minimum absolute atomic E-state index is 0.0304. The molecule has 3 fully saturated rings. The molecule has 9 heteroatoms. The van der Waals surface area contributed by atoms with E-state index in [0.717, 1.165) is 5.56 Å². The number of sulfonamides is 1. The van der Waals surface area contributed by atoms with Crippen LogP contribution in [-0.4, -0.2) is 60.8 Å². The molecule has 0 aromatic heterocycles. The molecule has 5 nitrogen and oxygen atoms in total. The Kier molecular flexibility index (Phi) is 4.72. The number of nitrogens with zero attached hydrogens (tertiary/aromatic N) is 3. The van der Waals surface area contributed by atoms with E-state index in [1.54, 1.807) is 12.1 Å². The van der Waals surface area contributed by atoms with E-state index in [-0.39, 0.29) is 31.8 Å². The van der Waals surface area contributed by atoms with Gasteiger partial charge in [0.2, 0.25) is 10.0 Å². The zero-order valence-electron chi connectivity index (χ0n) is 15.3. The van der Waals surface area contributed by atoms with Gasteiger partial charge in [-0.25, -0.2) is 12.7 Å². The van der Waals surface area contributed by atoms with E-state index in [0.29, 0.717) is 31.5 Å². The second-order valence-electron chi connectivity index (χ2n) is 8.01. The number of benzene rings is 1. The Morgan fingerprint density at radius 2 is 1.64 bits per heavy atom. The van der Waals surface area contributed by atoms with Crippen molar-refractivity contribution in [3.8, 4) is 6.07 Å². The zero-order valence-corrected chi connectivity index (χ0v) is 16.1. The minimum Gasteiger partial charge on any atom is -0.287 e. The second-order valence-corrected chi connectivity index (χ2v) is 10.2. The number of alkyl halides is 3. The van der Waals surface area contributed by atoms with Gasteiger partial charge in [0.15, 0.2) is 0 Å². The number of halogens is 3. The average Bonchev–Trinajstić information content (AvgIpc) is 3.42. The lowest BCUT2D eigenvalue weighted by Gasteiger charge is -2.46. The third-order valence-electron chi connectivity index (χ3n) is 6.45. The van der Waals surface area contributed by atoms with Crippen LogP contribution in [0.1, 0.15) is 42.7 Å². The van der Waals surface area contributed by atoms with Gasteiger partial charge >= 0.3 is 6.18 Å². The van der Waals surface area contributed by atoms with Crippen LogP contribution in [0.3, 0.4) is 0 Å². The standard InChI is InChI=1S/C19H22F3N3O2S/c20-19(21,22)18(7-8-18)24-12-17(13-24)28(26,27)25-9-5-16(6-10-25)15-3-1-14(11-23)2-4-15/h1-4,16-17H,5-10,12-13H2. The monoisotopic (exact) mass is 413 g/mol. The maximum atomic E-state index is 13.2. The predicted octanol–water partition coefficient (Wildman–Crippen LogP) is 2.85. The fourth-order valence-corrected chi connectivity index (χ4v) is 6.24. The van der Waals surface area contributed by atoms with Crippen molar-refractivity contribution in [2.45, 2.75) is 48.6 Å². The van der Waals surface area contributed by atoms with E-state index in [4.69, 9.17) is 5.26 Å². The van der Waals surface area contributed by atoms with E-state index in [9.17, 15) is 21.6 Å². The molecule has 3 aliphatic rings. The molecule has 152 valence electrons. The first-order chi connectivity index (χ1) is 13.2. The van der Waals surface area contributed by atoms with Gasteiger partial charge in [-0.2, -0.15) is 18.4 Å². The van der Waals surface area contributed by atoms with E-state index in [2.05, 4.69) is 6.07 Å². The Hall–Kier alpha value is -1.63. The summed E-state index contributed by atoms with van der Waals surface area (Å²) >= 11 is 0. The van der Waals surface area contributed by atoms with Gasteiger partial charge in [0.1, 0.15) is 10.8 Å². The highest BCUT2D eigenvalue weighted by Gasteiger charge is 2.69. The summed E-state index contributed by atoms with van der Waals surface area (Å²) in [6, 6.07) is 9.41. The lowest BCUT2D eigenvalue weighted by atomic mass is 9.90. The lowest BCUT2D eigenvalue weighted by molar-refractivity contribution is -0.205. The van der Waals surface area contributed by atoms with Crippen molar-refractivity contribution in [1.82, 2.24) is 9.21 Å². The van der Waals surface area contributed by atoms with Crippen LogP contribution in [0.2, 0.25) is 0 Å². The molecule has 1 aliphatic carbocycles. The first kappa shape index (κ1) is 19.7. The molecule has 2 saturated heterocycles. The molecular formula is C19H22F3N3O2S. The highest BCUT2D eigenvalue weighted by molar-refractivity contribution is 7.89. The minimum atomic E-state index is -4.29. The van der Waals surface area contributed by atoms with Crippen molar-refractivity contribution in [2.75, 3.05) is 26.2 Å². The van der Waals surface area contributed by atoms with Crippen LogP contribution < -0.4 is 0 Å². The van der Waals surface area contributed by atoms with Crippen LogP contribution in [0.15, 0.2) is 24.3 Å². The molecule has 28 heavy (non-hydrogen) atoms. The van der Waals surface area contributed by atoms with Crippen molar-refractivity contribution in [2.24, 2.45) is 0 Å². The van der Waals surface area contributed by atoms with Crippen LogP contribution in [0.4, 0.5) is 13.2 Å². The Morgan fingerprint density at radius 3 is 2.11 bits per heavy atom. The summed E-state index contributed by atoms with van der Waals surface area (Å²) in [7, 11) is -3.57. The van der Waals surface area contributed by atoms with Gasteiger partial charge in [-0.05, 0) is 49.3 Å². The fourth-order valence-electron chi connectivity index (χ4n) is 4.36. The topological polar surface area (TPSA) is 64.4 Å². The summed E-state index contributed by atoms with van der Waals surface area (Å²) in [5, 5.41) is 8.13. The molecule has 2 heterocycles. The molecule has 1 aromatic rings. The van der Waals surface area contributed by atoms with Crippen LogP contribution in [0, 0.1) is 11.3 Å². The van der Waals surface area contributed by atoms with Crippen LogP contribution in [-0.2, 0) is 10.0 Å². The van der Waals surface area contributed by atoms with E-state index >= 15 is 0 Å². The van der Waals surface area contributed by atoms with Crippen LogP contribution in [0.5, 0.6) is 0 Å². The number of hydrogen-bond donors (Lipinski definition) is 0. The number of rotatable bonds is 4. The van der Waals surface area contributed by atoms with Gasteiger partial charge in [-0.3, -0.25) is 4.90 Å². The molecular weight excluding hydrogens is 391 g/mol. The summed E-state index contributed by atoms with van der Waals surface area (Å²) < 4.78 is 66.6. The molecule has 0 spiro atoms. The van der Waals surface area contributed by atoms with Crippen molar-refractivity contribution in [3.63, 3.8) is 0 Å². The molecule has 1 aromatic carbocycles. The Balaban J connectivity index is 1.34. The van der Waals surface area contributed by atoms with Gasteiger partial charge in [-0.15, -0.1) is 0 Å². The first-order valence-electron chi connectivity index (χ1n) is 9.48. The Bertz CT molecular complexity index is 874. The van der Waals surface area contributed by atoms with Crippen LogP contribution >= 0.6 is 0 Å². The lowest BCUT2D eigenvalue weighted by Crippen LogP contribution is -2.65. The van der Waals surface area contributed by atoms with Crippen LogP contribution in [0.25, 0.3) is 0 Å². The van der Waals surface area contributed by atoms with Crippen molar-refractivity contribution in [1.29, 1.82) is 5.26 Å². The Morgan fingerprint density at radius 1 is 1.07 bits per heavy atom. The molecule has 0 amide bonds. The maximum Gasteiger partial charge on any atom is 0.406 e. The van der Waals surface area contributed by atoms with Gasteiger partial charge in [0.05, 0.1) is 11.6 Å². The highest BCUT2D eigenvalue weighted by Crippen LogP contribution is 2.55. The average molecular weight is 413 g/mol. The molecule has 0 bridgehead atoms. The molecule has 0 atom stereocenters. The zero-order chi connectivity index (χ0) is 20.2. The largest absolute Gasteiger partial charge is 0.406 e. The summed E-state index contributed by atoms with van der Waals surface area (Å²) in [5.74, 6) is 0.233. The molecule has 1 saturated carbocycles. The van der Waals surface area contributed by atoms with Gasteiger partial charge in [-0.1, -0.05) is 12.1 Å². The molecule has 0 N–H and O–H groups in total. The second kappa shape index (κ2) is 6.71. The van der Waals surface area contributed by atoms with Crippen molar-refractivity contribution in [3.05, 3.63) is 35.4 Å². The normalized spacial score (nSPS) is 24.5. The first-order valence-corrected chi connectivity index (χ1v) is 11.0. The number of likely N-dealkylation sites (tertiary alicyclic amines) is 1. The summed E-state index contributed by atoms with van der Waals surface area (Å²) in [6.45, 7) is 0.705. The van der Waals surface area contributed by atoms with Gasteiger partial charge in [0.25, 0.3) is 0 Å². The fraction of sp³-hybridized carbons (Fsp3) is 0.632. The molecule has 4 rings (SSSR count).